The molecule has 0 fully saturated rings. The van der Waals surface area contributed by atoms with Crippen LogP contribution < -0.4 is 20.6 Å². The molecule has 2 heterocycles. The summed E-state index contributed by atoms with van der Waals surface area (Å²) in [6.45, 7) is 18.5. The first-order valence-corrected chi connectivity index (χ1v) is 15.3. The van der Waals surface area contributed by atoms with E-state index in [1.807, 2.05) is 67.0 Å². The lowest BCUT2D eigenvalue weighted by Gasteiger charge is -2.19. The van der Waals surface area contributed by atoms with Gasteiger partial charge in [0.25, 0.3) is 11.1 Å². The molecule has 1 unspecified atom stereocenters. The predicted octanol–water partition coefficient (Wildman–Crippen LogP) is 6.83. The molecule has 0 aliphatic carbocycles. The summed E-state index contributed by atoms with van der Waals surface area (Å²) in [7, 11) is 0. The minimum Gasteiger partial charge on any atom is -0.494 e. The first-order chi connectivity index (χ1) is 21.8. The van der Waals surface area contributed by atoms with Gasteiger partial charge in [0.15, 0.2) is 6.29 Å². The number of nitrogens with one attached hydrogen (secondary N) is 2. The second-order valence-electron chi connectivity index (χ2n) is 10.8. The maximum absolute atomic E-state index is 14.6. The van der Waals surface area contributed by atoms with Gasteiger partial charge in [-0.25, -0.2) is 8.78 Å². The molecule has 2 aromatic carbocycles. The van der Waals surface area contributed by atoms with Crippen LogP contribution >= 0.6 is 0 Å². The Morgan fingerprint density at radius 2 is 1.35 bits per heavy atom. The Morgan fingerprint density at radius 1 is 0.783 bits per heavy atom. The van der Waals surface area contributed by atoms with Crippen LogP contribution in [-0.4, -0.2) is 45.7 Å². The Morgan fingerprint density at radius 3 is 1.74 bits per heavy atom. The standard InChI is InChI=1S/C18H25FN2O3.C9H9FO2.C7H12N2O/c1-6-23-13-8-9-14(15(19)10-13)17(24-7-2)16-12(5)21(11(3)4)20-18(16)22;1-2-12-8-4-3-7(6-11)9(10)5-8;1-5(2)9-6(3)4-7(10)8-9/h8-11,17H,6-7H2,1-5H3,(H,20,22);3-6H,2H2,1H3;4-5H,1-3H3,(H,8,10). The highest BCUT2D eigenvalue weighted by atomic mass is 19.1. The van der Waals surface area contributed by atoms with E-state index in [9.17, 15) is 23.2 Å². The monoisotopic (exact) mass is 644 g/mol. The molecular formula is C34H46F2N4O6. The summed E-state index contributed by atoms with van der Waals surface area (Å²) in [6.07, 6.45) is -0.278. The molecule has 12 heteroatoms. The van der Waals surface area contributed by atoms with E-state index in [1.165, 1.54) is 18.2 Å². The van der Waals surface area contributed by atoms with Crippen molar-refractivity contribution in [3.63, 3.8) is 0 Å². The van der Waals surface area contributed by atoms with Crippen LogP contribution in [0.1, 0.15) is 99.5 Å². The van der Waals surface area contributed by atoms with Crippen molar-refractivity contribution in [1.29, 1.82) is 0 Å². The van der Waals surface area contributed by atoms with Gasteiger partial charge in [0, 0.05) is 53.8 Å². The predicted molar refractivity (Wildman–Crippen MR) is 174 cm³/mol. The molecular weight excluding hydrogens is 598 g/mol. The number of hydrogen-bond acceptors (Lipinski definition) is 6. The number of aldehydes is 1. The molecule has 0 saturated heterocycles. The van der Waals surface area contributed by atoms with Gasteiger partial charge < -0.3 is 14.2 Å². The number of carbonyl (C=O) groups excluding carboxylic acids is 1. The van der Waals surface area contributed by atoms with Crippen LogP contribution in [0.2, 0.25) is 0 Å². The number of rotatable bonds is 11. The largest absolute Gasteiger partial charge is 0.494 e. The number of aromatic amines is 2. The number of hydrogen-bond donors (Lipinski definition) is 2. The van der Waals surface area contributed by atoms with Gasteiger partial charge in [-0.3, -0.25) is 33.9 Å². The van der Waals surface area contributed by atoms with Gasteiger partial charge in [-0.05, 0) is 86.6 Å². The molecule has 0 bridgehead atoms. The zero-order valence-corrected chi connectivity index (χ0v) is 28.1. The highest BCUT2D eigenvalue weighted by Gasteiger charge is 2.26. The summed E-state index contributed by atoms with van der Waals surface area (Å²) in [5.74, 6) is -0.0913. The molecule has 0 aliphatic rings. The quantitative estimate of drug-likeness (QED) is 0.173. The number of benzene rings is 2. The lowest BCUT2D eigenvalue weighted by Crippen LogP contribution is -2.17. The Hall–Kier alpha value is -4.45. The average molecular weight is 645 g/mol. The molecule has 252 valence electrons. The Kier molecular flexibility index (Phi) is 14.7. The molecule has 10 nitrogen and oxygen atoms in total. The highest BCUT2D eigenvalue weighted by molar-refractivity contribution is 5.75. The van der Waals surface area contributed by atoms with E-state index in [0.717, 1.165) is 11.4 Å². The van der Waals surface area contributed by atoms with Crippen molar-refractivity contribution < 1.29 is 27.8 Å². The van der Waals surface area contributed by atoms with Gasteiger partial charge in [0.2, 0.25) is 0 Å². The SMILES string of the molecule is CCOc1ccc(C(OCC)c2c(C)n(C(C)C)[nH]c2=O)c(F)c1.CCOc1ccc(C=O)c(F)c1.Cc1cc(=O)[nH]n1C(C)C. The van der Waals surface area contributed by atoms with Crippen molar-refractivity contribution in [3.8, 4) is 11.5 Å². The number of H-pyrrole nitrogens is 2. The number of aromatic nitrogens is 4. The Bertz CT molecular complexity index is 1670. The minimum absolute atomic E-state index is 0.0220. The molecule has 2 aromatic heterocycles. The molecule has 2 N–H and O–H groups in total. The molecule has 0 amide bonds. The van der Waals surface area contributed by atoms with Crippen LogP contribution in [0.15, 0.2) is 52.1 Å². The van der Waals surface area contributed by atoms with Gasteiger partial charge in [0.05, 0.1) is 24.3 Å². The smallest absolute Gasteiger partial charge is 0.270 e. The van der Waals surface area contributed by atoms with E-state index in [2.05, 4.69) is 10.2 Å². The Balaban J connectivity index is 0.000000277. The maximum Gasteiger partial charge on any atom is 0.270 e. The van der Waals surface area contributed by atoms with Crippen molar-refractivity contribution in [2.45, 2.75) is 80.5 Å². The third-order valence-corrected chi connectivity index (χ3v) is 6.77. The fourth-order valence-electron chi connectivity index (χ4n) is 4.74. The van der Waals surface area contributed by atoms with E-state index >= 15 is 0 Å². The molecule has 0 aliphatic heterocycles. The summed E-state index contributed by atoms with van der Waals surface area (Å²) < 4.78 is 47.2. The summed E-state index contributed by atoms with van der Waals surface area (Å²) >= 11 is 0. The normalized spacial score (nSPS) is 11.4. The number of halogens is 2. The third kappa shape index (κ3) is 10.0. The van der Waals surface area contributed by atoms with Crippen LogP contribution in [0, 0.1) is 25.5 Å². The summed E-state index contributed by atoms with van der Waals surface area (Å²) in [6, 6.07) is 10.8. The topological polar surface area (TPSA) is 120 Å². The summed E-state index contributed by atoms with van der Waals surface area (Å²) in [4.78, 5) is 33.4. The summed E-state index contributed by atoms with van der Waals surface area (Å²) in [5, 5.41) is 5.51. The van der Waals surface area contributed by atoms with Crippen molar-refractivity contribution >= 4 is 6.29 Å². The minimum atomic E-state index is -0.755. The van der Waals surface area contributed by atoms with Gasteiger partial charge in [-0.2, -0.15) is 0 Å². The maximum atomic E-state index is 14.6. The second kappa shape index (κ2) is 17.9. The van der Waals surface area contributed by atoms with Crippen LogP contribution in [0.5, 0.6) is 11.5 Å². The lowest BCUT2D eigenvalue weighted by molar-refractivity contribution is 0.0874. The van der Waals surface area contributed by atoms with Crippen LogP contribution in [0.3, 0.4) is 0 Å². The number of nitrogens with zero attached hydrogens (tertiary/aromatic N) is 2. The van der Waals surface area contributed by atoms with Gasteiger partial charge in [-0.1, -0.05) is 0 Å². The fraction of sp³-hybridized carbons (Fsp3) is 0.441. The number of ether oxygens (including phenoxy) is 3. The van der Waals surface area contributed by atoms with E-state index < -0.39 is 17.7 Å². The second-order valence-corrected chi connectivity index (χ2v) is 10.8. The van der Waals surface area contributed by atoms with Gasteiger partial charge in [-0.15, -0.1) is 0 Å². The average Bonchev–Trinajstić information content (AvgIpc) is 3.50. The summed E-state index contributed by atoms with van der Waals surface area (Å²) in [5.41, 5.74) is 2.28. The van der Waals surface area contributed by atoms with Crippen LogP contribution in [0.4, 0.5) is 8.78 Å². The van der Waals surface area contributed by atoms with E-state index in [-0.39, 0.29) is 22.7 Å². The van der Waals surface area contributed by atoms with Gasteiger partial charge in [0.1, 0.15) is 29.2 Å². The van der Waals surface area contributed by atoms with E-state index in [1.54, 1.807) is 28.9 Å². The zero-order valence-electron chi connectivity index (χ0n) is 28.1. The Labute approximate surface area is 268 Å². The van der Waals surface area contributed by atoms with Crippen molar-refractivity contribution in [2.75, 3.05) is 19.8 Å². The van der Waals surface area contributed by atoms with Crippen molar-refractivity contribution in [2.24, 2.45) is 0 Å². The van der Waals surface area contributed by atoms with Crippen molar-refractivity contribution in [3.05, 3.63) is 103 Å². The first kappa shape index (κ1) is 37.7. The number of carbonyl (C=O) groups is 1. The molecule has 4 aromatic rings. The first-order valence-electron chi connectivity index (χ1n) is 15.3. The lowest BCUT2D eigenvalue weighted by atomic mass is 10.0. The molecule has 1 atom stereocenters. The molecule has 46 heavy (non-hydrogen) atoms. The van der Waals surface area contributed by atoms with Crippen LogP contribution in [-0.2, 0) is 4.74 Å². The van der Waals surface area contributed by atoms with Crippen molar-refractivity contribution in [1.82, 2.24) is 19.6 Å². The van der Waals surface area contributed by atoms with E-state index in [4.69, 9.17) is 14.2 Å². The fourth-order valence-corrected chi connectivity index (χ4v) is 4.74. The zero-order chi connectivity index (χ0) is 34.6. The van der Waals surface area contributed by atoms with E-state index in [0.29, 0.717) is 54.8 Å². The van der Waals surface area contributed by atoms with Gasteiger partial charge >= 0.3 is 0 Å². The highest BCUT2D eigenvalue weighted by Crippen LogP contribution is 2.31. The molecule has 0 spiro atoms. The molecule has 0 radical (unpaired) electrons. The number of aryl methyl sites for hydroxylation is 1. The molecule has 4 rings (SSSR count). The van der Waals surface area contributed by atoms with Crippen LogP contribution in [0.25, 0.3) is 0 Å². The molecule has 0 saturated carbocycles. The third-order valence-electron chi connectivity index (χ3n) is 6.77.